The van der Waals surface area contributed by atoms with E-state index >= 15 is 0 Å². The summed E-state index contributed by atoms with van der Waals surface area (Å²) in [4.78, 5) is 4.69. The fraction of sp³-hybridized carbons (Fsp3) is 0.923. The smallest absolute Gasteiger partial charge is 0.156 e. The zero-order valence-corrected chi connectivity index (χ0v) is 12.2. The average molecular weight is 242 g/mol. The van der Waals surface area contributed by atoms with E-state index in [0.29, 0.717) is 17.4 Å². The van der Waals surface area contributed by atoms with Crippen molar-refractivity contribution < 1.29 is 0 Å². The maximum absolute atomic E-state index is 4.69. The van der Waals surface area contributed by atoms with Crippen LogP contribution in [-0.4, -0.2) is 23.5 Å². The molecule has 0 amide bonds. The normalized spacial score (nSPS) is 26.6. The van der Waals surface area contributed by atoms with Gasteiger partial charge in [-0.2, -0.15) is 0 Å². The van der Waals surface area contributed by atoms with E-state index in [9.17, 15) is 0 Å². The molecule has 3 heteroatoms. The zero-order chi connectivity index (χ0) is 12.2. The van der Waals surface area contributed by atoms with Crippen molar-refractivity contribution >= 4 is 16.9 Å². The van der Waals surface area contributed by atoms with Gasteiger partial charge in [0.1, 0.15) is 0 Å². The van der Waals surface area contributed by atoms with Gasteiger partial charge in [-0.25, -0.2) is 0 Å². The third-order valence-corrected chi connectivity index (χ3v) is 4.19. The van der Waals surface area contributed by atoms with Gasteiger partial charge in [-0.15, -0.1) is 0 Å². The zero-order valence-electron chi connectivity index (χ0n) is 11.3. The number of thioether (sulfide) groups is 1. The highest BCUT2D eigenvalue weighted by atomic mass is 32.2. The Balaban J connectivity index is 2.50. The van der Waals surface area contributed by atoms with Crippen molar-refractivity contribution in [3.63, 3.8) is 0 Å². The van der Waals surface area contributed by atoms with Crippen molar-refractivity contribution in [1.29, 1.82) is 0 Å². The van der Waals surface area contributed by atoms with Crippen LogP contribution < -0.4 is 5.32 Å². The molecule has 0 bridgehead atoms. The van der Waals surface area contributed by atoms with Crippen molar-refractivity contribution in [3.05, 3.63) is 0 Å². The highest BCUT2D eigenvalue weighted by Crippen LogP contribution is 2.27. The molecule has 1 N–H and O–H groups in total. The topological polar surface area (TPSA) is 24.4 Å². The van der Waals surface area contributed by atoms with Crippen LogP contribution in [0.15, 0.2) is 4.99 Å². The highest BCUT2D eigenvalue weighted by molar-refractivity contribution is 8.13. The average Bonchev–Trinajstić information content (AvgIpc) is 2.25. The number of nitrogens with one attached hydrogen (secondary N) is 1. The molecule has 0 radical (unpaired) electrons. The Hall–Kier alpha value is -0.180. The van der Waals surface area contributed by atoms with Crippen LogP contribution in [0.25, 0.3) is 0 Å². The SMILES string of the molecule is CCC(C)CN=C1NC(C(C)(C)C)CCS1. The number of aliphatic imine (C=N–C) groups is 1. The van der Waals surface area contributed by atoms with Gasteiger partial charge in [0.2, 0.25) is 0 Å². The van der Waals surface area contributed by atoms with E-state index in [1.54, 1.807) is 0 Å². The third kappa shape index (κ3) is 4.36. The molecule has 0 spiro atoms. The van der Waals surface area contributed by atoms with Gasteiger partial charge in [-0.05, 0) is 17.8 Å². The first kappa shape index (κ1) is 13.9. The lowest BCUT2D eigenvalue weighted by molar-refractivity contribution is 0.290. The summed E-state index contributed by atoms with van der Waals surface area (Å²) >= 11 is 1.87. The number of rotatable bonds is 3. The van der Waals surface area contributed by atoms with Gasteiger partial charge in [-0.1, -0.05) is 52.8 Å². The van der Waals surface area contributed by atoms with Crippen molar-refractivity contribution in [1.82, 2.24) is 5.32 Å². The molecule has 1 heterocycles. The summed E-state index contributed by atoms with van der Waals surface area (Å²) in [6.45, 7) is 12.3. The van der Waals surface area contributed by atoms with E-state index < -0.39 is 0 Å². The molecule has 2 nitrogen and oxygen atoms in total. The minimum Gasteiger partial charge on any atom is -0.362 e. The quantitative estimate of drug-likeness (QED) is 0.819. The first-order chi connectivity index (χ1) is 7.43. The fourth-order valence-corrected chi connectivity index (χ4v) is 2.58. The Bertz CT molecular complexity index is 243. The monoisotopic (exact) mass is 242 g/mol. The molecular weight excluding hydrogens is 216 g/mol. The van der Waals surface area contributed by atoms with Crippen LogP contribution in [-0.2, 0) is 0 Å². The highest BCUT2D eigenvalue weighted by Gasteiger charge is 2.28. The van der Waals surface area contributed by atoms with Crippen LogP contribution in [0.3, 0.4) is 0 Å². The van der Waals surface area contributed by atoms with E-state index in [-0.39, 0.29) is 0 Å². The van der Waals surface area contributed by atoms with Gasteiger partial charge in [0.15, 0.2) is 5.17 Å². The van der Waals surface area contributed by atoms with Crippen LogP contribution >= 0.6 is 11.8 Å². The summed E-state index contributed by atoms with van der Waals surface area (Å²) in [5.41, 5.74) is 0.331. The molecule has 94 valence electrons. The van der Waals surface area contributed by atoms with Gasteiger partial charge in [-0.3, -0.25) is 4.99 Å². The van der Waals surface area contributed by atoms with Gasteiger partial charge in [0, 0.05) is 18.3 Å². The summed E-state index contributed by atoms with van der Waals surface area (Å²) < 4.78 is 0. The fourth-order valence-electron chi connectivity index (χ4n) is 1.64. The second kappa shape index (κ2) is 5.95. The lowest BCUT2D eigenvalue weighted by atomic mass is 9.85. The molecule has 1 aliphatic heterocycles. The number of hydrogen-bond donors (Lipinski definition) is 1. The summed E-state index contributed by atoms with van der Waals surface area (Å²) in [6.07, 6.45) is 2.46. The minimum atomic E-state index is 0.331. The summed E-state index contributed by atoms with van der Waals surface area (Å²) in [7, 11) is 0. The molecule has 2 unspecified atom stereocenters. The standard InChI is InChI=1S/C13H26N2S/c1-6-10(2)9-14-12-15-11(7-8-16-12)13(3,4)5/h10-11H,6-9H2,1-5H3,(H,14,15). The van der Waals surface area contributed by atoms with E-state index in [4.69, 9.17) is 0 Å². The van der Waals surface area contributed by atoms with Crippen molar-refractivity contribution in [3.8, 4) is 0 Å². The van der Waals surface area contributed by atoms with Crippen molar-refractivity contribution in [2.45, 2.75) is 53.5 Å². The molecule has 2 atom stereocenters. The molecule has 1 rings (SSSR count). The van der Waals surface area contributed by atoms with E-state index in [1.807, 2.05) is 11.8 Å². The van der Waals surface area contributed by atoms with Gasteiger partial charge in [0.05, 0.1) is 0 Å². The minimum absolute atomic E-state index is 0.331. The van der Waals surface area contributed by atoms with Crippen LogP contribution in [0.4, 0.5) is 0 Å². The van der Waals surface area contributed by atoms with Crippen molar-refractivity contribution in [2.24, 2.45) is 16.3 Å². The molecule has 1 fully saturated rings. The van der Waals surface area contributed by atoms with Gasteiger partial charge >= 0.3 is 0 Å². The Labute approximate surface area is 105 Å². The lowest BCUT2D eigenvalue weighted by Gasteiger charge is -2.35. The molecule has 0 aromatic rings. The van der Waals surface area contributed by atoms with Gasteiger partial charge < -0.3 is 5.32 Å². The Morgan fingerprint density at radius 3 is 2.75 bits per heavy atom. The first-order valence-electron chi connectivity index (χ1n) is 6.37. The van der Waals surface area contributed by atoms with E-state index in [1.165, 1.54) is 18.6 Å². The van der Waals surface area contributed by atoms with Crippen LogP contribution in [0.5, 0.6) is 0 Å². The predicted octanol–water partition coefficient (Wildman–Crippen LogP) is 3.53. The Kier molecular flexibility index (Phi) is 5.16. The number of amidine groups is 1. The summed E-state index contributed by atoms with van der Waals surface area (Å²) in [6, 6.07) is 0.574. The summed E-state index contributed by atoms with van der Waals surface area (Å²) in [5.74, 6) is 1.90. The number of nitrogens with zero attached hydrogens (tertiary/aromatic N) is 1. The first-order valence-corrected chi connectivity index (χ1v) is 7.35. The second-order valence-corrected chi connectivity index (χ2v) is 6.94. The van der Waals surface area contributed by atoms with Crippen molar-refractivity contribution in [2.75, 3.05) is 12.3 Å². The molecular formula is C13H26N2S. The maximum atomic E-state index is 4.69. The lowest BCUT2D eigenvalue weighted by Crippen LogP contribution is -2.46. The molecule has 1 aliphatic rings. The van der Waals surface area contributed by atoms with Crippen LogP contribution in [0, 0.1) is 11.3 Å². The molecule has 16 heavy (non-hydrogen) atoms. The Morgan fingerprint density at radius 1 is 1.50 bits per heavy atom. The maximum Gasteiger partial charge on any atom is 0.156 e. The molecule has 0 saturated carbocycles. The van der Waals surface area contributed by atoms with E-state index in [2.05, 4.69) is 44.9 Å². The molecule has 0 aromatic heterocycles. The molecule has 0 aromatic carbocycles. The second-order valence-electron chi connectivity index (χ2n) is 5.86. The molecule has 0 aliphatic carbocycles. The predicted molar refractivity (Wildman–Crippen MR) is 75.2 cm³/mol. The number of hydrogen-bond acceptors (Lipinski definition) is 2. The van der Waals surface area contributed by atoms with Crippen LogP contribution in [0.2, 0.25) is 0 Å². The van der Waals surface area contributed by atoms with Gasteiger partial charge in [0.25, 0.3) is 0 Å². The summed E-state index contributed by atoms with van der Waals surface area (Å²) in [5, 5.41) is 4.74. The van der Waals surface area contributed by atoms with Crippen LogP contribution in [0.1, 0.15) is 47.5 Å². The van der Waals surface area contributed by atoms with E-state index in [0.717, 1.165) is 11.7 Å². The largest absolute Gasteiger partial charge is 0.362 e. The molecule has 1 saturated heterocycles. The Morgan fingerprint density at radius 2 is 2.19 bits per heavy atom. The third-order valence-electron chi connectivity index (χ3n) is 3.23.